The maximum atomic E-state index is 13.1. The lowest BCUT2D eigenvalue weighted by Gasteiger charge is -2.11. The van der Waals surface area contributed by atoms with Gasteiger partial charge in [0, 0.05) is 18.7 Å². The van der Waals surface area contributed by atoms with Crippen LogP contribution >= 0.6 is 0 Å². The Balaban J connectivity index is 2.08. The first-order valence-corrected chi connectivity index (χ1v) is 9.45. The first kappa shape index (κ1) is 19.1. The summed E-state index contributed by atoms with van der Waals surface area (Å²) in [4.78, 5) is 12.4. The molecule has 0 aliphatic rings. The SMILES string of the molecule is CCNS(=O)(=O)c1ccc(C)c(C(=O)NCCc2cccc(F)c2)c1. The minimum absolute atomic E-state index is 0.0511. The van der Waals surface area contributed by atoms with Gasteiger partial charge in [-0.15, -0.1) is 0 Å². The number of carbonyl (C=O) groups excluding carboxylic acids is 1. The van der Waals surface area contributed by atoms with Gasteiger partial charge in [0.15, 0.2) is 0 Å². The third kappa shape index (κ3) is 5.11. The van der Waals surface area contributed by atoms with Gasteiger partial charge in [-0.05, 0) is 48.7 Å². The van der Waals surface area contributed by atoms with Crippen molar-refractivity contribution < 1.29 is 17.6 Å². The number of benzene rings is 2. The van der Waals surface area contributed by atoms with Crippen LogP contribution in [0.3, 0.4) is 0 Å². The quantitative estimate of drug-likeness (QED) is 0.792. The van der Waals surface area contributed by atoms with Gasteiger partial charge in [0.05, 0.1) is 4.90 Å². The summed E-state index contributed by atoms with van der Waals surface area (Å²) in [6.45, 7) is 4.02. The summed E-state index contributed by atoms with van der Waals surface area (Å²) in [7, 11) is -3.62. The molecule has 0 bridgehead atoms. The average Bonchev–Trinajstić information content (AvgIpc) is 2.55. The second kappa shape index (κ2) is 8.22. The number of hydrogen-bond donors (Lipinski definition) is 2. The lowest BCUT2D eigenvalue weighted by Crippen LogP contribution is -2.27. The van der Waals surface area contributed by atoms with Crippen LogP contribution in [0.15, 0.2) is 47.4 Å². The summed E-state index contributed by atoms with van der Waals surface area (Å²) in [6, 6.07) is 10.6. The second-order valence-electron chi connectivity index (χ2n) is 5.61. The molecule has 0 atom stereocenters. The lowest BCUT2D eigenvalue weighted by molar-refractivity contribution is 0.0953. The van der Waals surface area contributed by atoms with Crippen LogP contribution in [-0.4, -0.2) is 27.4 Å². The van der Waals surface area contributed by atoms with Crippen molar-refractivity contribution in [1.29, 1.82) is 0 Å². The summed E-state index contributed by atoms with van der Waals surface area (Å²) in [5.41, 5.74) is 1.76. The maximum Gasteiger partial charge on any atom is 0.251 e. The van der Waals surface area contributed by atoms with Crippen LogP contribution in [0.1, 0.15) is 28.4 Å². The molecule has 2 aromatic carbocycles. The number of aryl methyl sites for hydroxylation is 1. The van der Waals surface area contributed by atoms with E-state index in [4.69, 9.17) is 0 Å². The molecule has 0 fully saturated rings. The molecule has 0 spiro atoms. The van der Waals surface area contributed by atoms with Crippen LogP contribution in [0.25, 0.3) is 0 Å². The number of halogens is 1. The Morgan fingerprint density at radius 3 is 2.60 bits per heavy atom. The van der Waals surface area contributed by atoms with Crippen LogP contribution in [0, 0.1) is 12.7 Å². The molecule has 0 saturated heterocycles. The van der Waals surface area contributed by atoms with Crippen LogP contribution in [0.2, 0.25) is 0 Å². The first-order chi connectivity index (χ1) is 11.8. The van der Waals surface area contributed by atoms with Crippen molar-refractivity contribution in [2.75, 3.05) is 13.1 Å². The molecule has 0 aliphatic heterocycles. The van der Waals surface area contributed by atoms with Crippen LogP contribution in [-0.2, 0) is 16.4 Å². The summed E-state index contributed by atoms with van der Waals surface area (Å²) >= 11 is 0. The monoisotopic (exact) mass is 364 g/mol. The van der Waals surface area contributed by atoms with Crippen molar-refractivity contribution in [2.45, 2.75) is 25.2 Å². The molecule has 1 amide bonds. The highest BCUT2D eigenvalue weighted by molar-refractivity contribution is 7.89. The summed E-state index contributed by atoms with van der Waals surface area (Å²) in [6.07, 6.45) is 0.484. The third-order valence-corrected chi connectivity index (χ3v) is 5.23. The molecule has 2 rings (SSSR count). The molecule has 7 heteroatoms. The van der Waals surface area contributed by atoms with E-state index in [9.17, 15) is 17.6 Å². The van der Waals surface area contributed by atoms with E-state index in [1.54, 1.807) is 32.0 Å². The standard InChI is InChI=1S/C18H21FN2O3S/c1-3-21-25(23,24)16-8-7-13(2)17(12-16)18(22)20-10-9-14-5-4-6-15(19)11-14/h4-8,11-12,21H,3,9-10H2,1-2H3,(H,20,22). The van der Waals surface area contributed by atoms with Gasteiger partial charge in [-0.25, -0.2) is 17.5 Å². The Kier molecular flexibility index (Phi) is 6.27. The van der Waals surface area contributed by atoms with Gasteiger partial charge in [0.25, 0.3) is 5.91 Å². The Morgan fingerprint density at radius 2 is 1.92 bits per heavy atom. The molecule has 25 heavy (non-hydrogen) atoms. The van der Waals surface area contributed by atoms with Gasteiger partial charge in [-0.3, -0.25) is 4.79 Å². The molecule has 0 saturated carbocycles. The van der Waals surface area contributed by atoms with Gasteiger partial charge in [0.2, 0.25) is 10.0 Å². The van der Waals surface area contributed by atoms with Crippen LogP contribution < -0.4 is 10.0 Å². The second-order valence-corrected chi connectivity index (χ2v) is 7.38. The van der Waals surface area contributed by atoms with Crippen LogP contribution in [0.5, 0.6) is 0 Å². The van der Waals surface area contributed by atoms with E-state index in [2.05, 4.69) is 10.0 Å². The minimum Gasteiger partial charge on any atom is -0.352 e. The largest absolute Gasteiger partial charge is 0.352 e. The lowest BCUT2D eigenvalue weighted by atomic mass is 10.1. The van der Waals surface area contributed by atoms with E-state index in [-0.39, 0.29) is 23.2 Å². The molecule has 0 radical (unpaired) electrons. The fourth-order valence-electron chi connectivity index (χ4n) is 2.39. The zero-order chi connectivity index (χ0) is 18.4. The first-order valence-electron chi connectivity index (χ1n) is 7.96. The smallest absolute Gasteiger partial charge is 0.251 e. The van der Waals surface area contributed by atoms with Crippen molar-refractivity contribution in [3.63, 3.8) is 0 Å². The predicted molar refractivity (Wildman–Crippen MR) is 94.5 cm³/mol. The molecule has 2 N–H and O–H groups in total. The van der Waals surface area contributed by atoms with E-state index in [0.29, 0.717) is 24.1 Å². The molecule has 0 aromatic heterocycles. The van der Waals surface area contributed by atoms with Crippen molar-refractivity contribution in [3.05, 3.63) is 65.0 Å². The van der Waals surface area contributed by atoms with Gasteiger partial charge in [-0.1, -0.05) is 25.1 Å². The zero-order valence-corrected chi connectivity index (χ0v) is 15.0. The predicted octanol–water partition coefficient (Wildman–Crippen LogP) is 2.40. The fourth-order valence-corrected chi connectivity index (χ4v) is 3.46. The number of hydrogen-bond acceptors (Lipinski definition) is 3. The number of nitrogens with one attached hydrogen (secondary N) is 2. The van der Waals surface area contributed by atoms with Gasteiger partial charge in [-0.2, -0.15) is 0 Å². The highest BCUT2D eigenvalue weighted by Gasteiger charge is 2.17. The highest BCUT2D eigenvalue weighted by atomic mass is 32.2. The van der Waals surface area contributed by atoms with Crippen LogP contribution in [0.4, 0.5) is 4.39 Å². The maximum absolute atomic E-state index is 13.1. The topological polar surface area (TPSA) is 75.3 Å². The zero-order valence-electron chi connectivity index (χ0n) is 14.2. The minimum atomic E-state index is -3.62. The third-order valence-electron chi connectivity index (χ3n) is 3.69. The molecule has 2 aromatic rings. The van der Waals surface area contributed by atoms with Crippen molar-refractivity contribution >= 4 is 15.9 Å². The highest BCUT2D eigenvalue weighted by Crippen LogP contribution is 2.15. The van der Waals surface area contributed by atoms with Gasteiger partial charge >= 0.3 is 0 Å². The van der Waals surface area contributed by atoms with E-state index >= 15 is 0 Å². The molecule has 134 valence electrons. The number of sulfonamides is 1. The molecule has 0 heterocycles. The fraction of sp³-hybridized carbons (Fsp3) is 0.278. The van der Waals surface area contributed by atoms with Crippen molar-refractivity contribution in [3.8, 4) is 0 Å². The number of carbonyl (C=O) groups is 1. The van der Waals surface area contributed by atoms with Gasteiger partial charge in [0.1, 0.15) is 5.82 Å². The van der Waals surface area contributed by atoms with Crippen molar-refractivity contribution in [1.82, 2.24) is 10.0 Å². The molecular weight excluding hydrogens is 343 g/mol. The van der Waals surface area contributed by atoms with E-state index in [1.807, 2.05) is 0 Å². The molecular formula is C18H21FN2O3S. The Hall–Kier alpha value is -2.25. The molecule has 5 nitrogen and oxygen atoms in total. The summed E-state index contributed by atoms with van der Waals surface area (Å²) < 4.78 is 39.7. The van der Waals surface area contributed by atoms with E-state index < -0.39 is 10.0 Å². The summed E-state index contributed by atoms with van der Waals surface area (Å²) in [5.74, 6) is -0.677. The Bertz CT molecular complexity index is 866. The van der Waals surface area contributed by atoms with Crippen molar-refractivity contribution in [2.24, 2.45) is 0 Å². The van der Waals surface area contributed by atoms with E-state index in [1.165, 1.54) is 24.3 Å². The Morgan fingerprint density at radius 1 is 1.16 bits per heavy atom. The van der Waals surface area contributed by atoms with E-state index in [0.717, 1.165) is 5.56 Å². The number of rotatable bonds is 7. The van der Waals surface area contributed by atoms with Gasteiger partial charge < -0.3 is 5.32 Å². The molecule has 0 unspecified atom stereocenters. The normalized spacial score (nSPS) is 11.3. The molecule has 0 aliphatic carbocycles. The Labute approximate surface area is 147 Å². The summed E-state index contributed by atoms with van der Waals surface area (Å²) in [5, 5.41) is 2.74. The average molecular weight is 364 g/mol. The number of amides is 1.